The zero-order chi connectivity index (χ0) is 18.0. The van der Waals surface area contributed by atoms with Gasteiger partial charge in [-0.15, -0.1) is 24.0 Å². The summed E-state index contributed by atoms with van der Waals surface area (Å²) in [7, 11) is 0. The van der Waals surface area contributed by atoms with Gasteiger partial charge in [0.2, 0.25) is 0 Å². The largest absolute Gasteiger partial charge is 0.444 e. The number of halogens is 1. The quantitative estimate of drug-likeness (QED) is 0.248. The maximum Gasteiger partial charge on any atom is 0.407 e. The molecule has 25 heavy (non-hydrogen) atoms. The highest BCUT2D eigenvalue weighted by molar-refractivity contribution is 14.0. The van der Waals surface area contributed by atoms with Gasteiger partial charge in [0, 0.05) is 18.8 Å². The molecule has 0 spiro atoms. The number of hydrogen-bond acceptors (Lipinski definition) is 3. The third-order valence-electron chi connectivity index (χ3n) is 3.14. The number of aliphatic imine (C=N–C) groups is 1. The van der Waals surface area contributed by atoms with Crippen LogP contribution in [-0.4, -0.2) is 30.7 Å². The summed E-state index contributed by atoms with van der Waals surface area (Å²) in [4.78, 5) is 15.8. The number of aryl methyl sites for hydroxylation is 1. The highest BCUT2D eigenvalue weighted by atomic mass is 127. The van der Waals surface area contributed by atoms with Gasteiger partial charge in [-0.2, -0.15) is 0 Å². The number of nitrogens with two attached hydrogens (primary N) is 1. The van der Waals surface area contributed by atoms with Gasteiger partial charge in [-0.05, 0) is 57.7 Å². The second-order valence-corrected chi connectivity index (χ2v) is 6.58. The Hall–Kier alpha value is -1.51. The first-order valence-corrected chi connectivity index (χ1v) is 8.43. The van der Waals surface area contributed by atoms with Gasteiger partial charge in [-0.3, -0.25) is 4.99 Å². The fraction of sp³-hybridized carbons (Fsp3) is 0.556. The lowest BCUT2D eigenvalue weighted by molar-refractivity contribution is 0.0527. The number of unbranched alkanes of at least 4 members (excludes halogenated alkanes) is 1. The predicted molar refractivity (Wildman–Crippen MR) is 115 cm³/mol. The summed E-state index contributed by atoms with van der Waals surface area (Å²) in [5, 5.41) is 5.81. The van der Waals surface area contributed by atoms with Crippen molar-refractivity contribution in [1.29, 1.82) is 0 Å². The third-order valence-corrected chi connectivity index (χ3v) is 3.14. The minimum absolute atomic E-state index is 0. The zero-order valence-corrected chi connectivity index (χ0v) is 17.9. The Bertz CT molecular complexity index is 556. The monoisotopic (exact) mass is 462 g/mol. The molecule has 1 amide bonds. The van der Waals surface area contributed by atoms with Crippen LogP contribution in [0.4, 0.5) is 10.5 Å². The van der Waals surface area contributed by atoms with E-state index in [0.717, 1.165) is 24.9 Å². The van der Waals surface area contributed by atoms with Crippen molar-refractivity contribution in [3.63, 3.8) is 0 Å². The van der Waals surface area contributed by atoms with Crippen molar-refractivity contribution in [3.05, 3.63) is 29.8 Å². The van der Waals surface area contributed by atoms with Gasteiger partial charge in [-0.25, -0.2) is 4.79 Å². The van der Waals surface area contributed by atoms with Gasteiger partial charge in [-0.1, -0.05) is 19.1 Å². The molecule has 4 N–H and O–H groups in total. The number of nitrogens with one attached hydrogen (secondary N) is 2. The minimum Gasteiger partial charge on any atom is -0.444 e. The molecule has 0 saturated carbocycles. The van der Waals surface area contributed by atoms with E-state index in [0.29, 0.717) is 19.0 Å². The summed E-state index contributed by atoms with van der Waals surface area (Å²) < 4.78 is 5.16. The summed E-state index contributed by atoms with van der Waals surface area (Å²) in [6.45, 7) is 8.81. The normalized spacial score (nSPS) is 11.4. The Morgan fingerprint density at radius 3 is 2.64 bits per heavy atom. The summed E-state index contributed by atoms with van der Waals surface area (Å²) >= 11 is 0. The summed E-state index contributed by atoms with van der Waals surface area (Å²) in [5.74, 6) is 0.406. The minimum atomic E-state index is -0.469. The average molecular weight is 462 g/mol. The van der Waals surface area contributed by atoms with E-state index in [1.54, 1.807) is 0 Å². The van der Waals surface area contributed by atoms with E-state index in [1.807, 2.05) is 32.9 Å². The van der Waals surface area contributed by atoms with Crippen molar-refractivity contribution in [1.82, 2.24) is 5.32 Å². The van der Waals surface area contributed by atoms with Gasteiger partial charge in [0.15, 0.2) is 5.96 Å². The van der Waals surface area contributed by atoms with Gasteiger partial charge in [0.05, 0.1) is 0 Å². The topological polar surface area (TPSA) is 88.7 Å². The Kier molecular flexibility index (Phi) is 11.2. The number of rotatable bonds is 7. The van der Waals surface area contributed by atoms with Crippen LogP contribution in [0.2, 0.25) is 0 Å². The number of ether oxygens (including phenoxy) is 1. The molecule has 0 fully saturated rings. The van der Waals surface area contributed by atoms with Crippen molar-refractivity contribution < 1.29 is 9.53 Å². The Balaban J connectivity index is 0.00000576. The predicted octanol–water partition coefficient (Wildman–Crippen LogP) is 3.90. The molecule has 1 rings (SSSR count). The molecule has 0 radical (unpaired) electrons. The van der Waals surface area contributed by atoms with E-state index < -0.39 is 5.60 Å². The average Bonchev–Trinajstić information content (AvgIpc) is 2.49. The first kappa shape index (κ1) is 23.5. The Morgan fingerprint density at radius 2 is 2.00 bits per heavy atom. The van der Waals surface area contributed by atoms with Crippen LogP contribution in [0.5, 0.6) is 0 Å². The first-order valence-electron chi connectivity index (χ1n) is 8.43. The number of hydrogen-bond donors (Lipinski definition) is 3. The molecule has 1 aromatic carbocycles. The second-order valence-electron chi connectivity index (χ2n) is 6.58. The summed E-state index contributed by atoms with van der Waals surface area (Å²) in [5.41, 5.74) is 7.61. The van der Waals surface area contributed by atoms with E-state index in [-0.39, 0.29) is 30.1 Å². The van der Waals surface area contributed by atoms with Gasteiger partial charge < -0.3 is 21.1 Å². The number of nitrogens with zero attached hydrogens (tertiary/aromatic N) is 1. The number of guanidine groups is 1. The van der Waals surface area contributed by atoms with Gasteiger partial charge in [0.25, 0.3) is 0 Å². The maximum absolute atomic E-state index is 11.5. The summed E-state index contributed by atoms with van der Waals surface area (Å²) in [6, 6.07) is 8.10. The molecule has 0 atom stereocenters. The lowest BCUT2D eigenvalue weighted by Gasteiger charge is -2.19. The Morgan fingerprint density at radius 1 is 1.28 bits per heavy atom. The van der Waals surface area contributed by atoms with Crippen molar-refractivity contribution in [2.75, 3.05) is 18.4 Å². The summed E-state index contributed by atoms with van der Waals surface area (Å²) in [6.07, 6.45) is 2.26. The maximum atomic E-state index is 11.5. The van der Waals surface area contributed by atoms with Crippen LogP contribution in [0.15, 0.2) is 29.3 Å². The van der Waals surface area contributed by atoms with E-state index in [2.05, 4.69) is 34.7 Å². The van der Waals surface area contributed by atoms with E-state index in [4.69, 9.17) is 10.5 Å². The van der Waals surface area contributed by atoms with E-state index in [9.17, 15) is 4.79 Å². The second kappa shape index (κ2) is 11.9. The van der Waals surface area contributed by atoms with Crippen LogP contribution in [0, 0.1) is 0 Å². The zero-order valence-electron chi connectivity index (χ0n) is 15.6. The van der Waals surface area contributed by atoms with Crippen LogP contribution < -0.4 is 16.4 Å². The van der Waals surface area contributed by atoms with Crippen LogP contribution in [0.3, 0.4) is 0 Å². The molecular formula is C18H31IN4O2. The highest BCUT2D eigenvalue weighted by Gasteiger charge is 2.15. The lowest BCUT2D eigenvalue weighted by atomic mass is 10.1. The van der Waals surface area contributed by atoms with Crippen molar-refractivity contribution in [2.45, 2.75) is 52.6 Å². The van der Waals surface area contributed by atoms with Crippen molar-refractivity contribution in [3.8, 4) is 0 Å². The number of amides is 1. The first-order chi connectivity index (χ1) is 11.3. The lowest BCUT2D eigenvalue weighted by Crippen LogP contribution is -2.33. The number of carbonyl (C=O) groups excluding carboxylic acids is 1. The molecule has 0 unspecified atom stereocenters. The Labute approximate surface area is 168 Å². The molecule has 0 heterocycles. The molecule has 0 aromatic heterocycles. The molecule has 0 saturated heterocycles. The highest BCUT2D eigenvalue weighted by Crippen LogP contribution is 2.10. The number of anilines is 1. The molecule has 7 heteroatoms. The SMILES string of the molecule is CCc1cccc(NC(N)=NCCCCNC(=O)OC(C)(C)C)c1.I. The van der Waals surface area contributed by atoms with E-state index in [1.165, 1.54) is 5.56 Å². The smallest absolute Gasteiger partial charge is 0.407 e. The van der Waals surface area contributed by atoms with Gasteiger partial charge in [0.1, 0.15) is 5.60 Å². The van der Waals surface area contributed by atoms with Crippen LogP contribution in [-0.2, 0) is 11.2 Å². The molecule has 1 aromatic rings. The molecular weight excluding hydrogens is 431 g/mol. The molecule has 0 bridgehead atoms. The fourth-order valence-corrected chi connectivity index (χ4v) is 2.00. The van der Waals surface area contributed by atoms with Crippen LogP contribution in [0.25, 0.3) is 0 Å². The van der Waals surface area contributed by atoms with Crippen molar-refractivity contribution >= 4 is 41.7 Å². The molecule has 6 nitrogen and oxygen atoms in total. The third kappa shape index (κ3) is 11.6. The molecule has 142 valence electrons. The van der Waals surface area contributed by atoms with Crippen LogP contribution >= 0.6 is 24.0 Å². The molecule has 0 aliphatic heterocycles. The number of carbonyl (C=O) groups is 1. The standard InChI is InChI=1S/C18H30N4O2.HI/c1-5-14-9-8-10-15(13-14)22-16(19)20-11-6-7-12-21-17(23)24-18(2,3)4;/h8-10,13H,5-7,11-12H2,1-4H3,(H,21,23)(H3,19,20,22);1H. The van der Waals surface area contributed by atoms with Crippen LogP contribution in [0.1, 0.15) is 46.1 Å². The molecule has 0 aliphatic rings. The van der Waals surface area contributed by atoms with Crippen molar-refractivity contribution in [2.24, 2.45) is 10.7 Å². The van der Waals surface area contributed by atoms with E-state index >= 15 is 0 Å². The fourth-order valence-electron chi connectivity index (χ4n) is 2.00. The number of benzene rings is 1. The van der Waals surface area contributed by atoms with Gasteiger partial charge >= 0.3 is 6.09 Å². The molecule has 0 aliphatic carbocycles. The number of alkyl carbamates (subject to hydrolysis) is 1.